The quantitative estimate of drug-likeness (QED) is 0.836. The van der Waals surface area contributed by atoms with Gasteiger partial charge >= 0.3 is 0 Å². The standard InChI is InChI=1S/C21H21N3O3/c22-13-16-4-3-5-17(12-16)14-24-15-20(21(25)23-8-10-26-11-9-23)27-19-7-2-1-6-18(19)24/h1-7,12,20H,8-11,14-15H2. The van der Waals surface area contributed by atoms with Crippen LogP contribution >= 0.6 is 0 Å². The molecule has 0 bridgehead atoms. The Balaban J connectivity index is 1.58. The Kier molecular flexibility index (Phi) is 4.95. The van der Waals surface area contributed by atoms with Gasteiger partial charge in [-0.25, -0.2) is 0 Å². The van der Waals surface area contributed by atoms with Gasteiger partial charge in [0, 0.05) is 19.6 Å². The van der Waals surface area contributed by atoms with Gasteiger partial charge in [0.15, 0.2) is 6.10 Å². The van der Waals surface area contributed by atoms with Gasteiger partial charge in [-0.3, -0.25) is 4.79 Å². The number of fused-ring (bicyclic) bond motifs is 1. The Labute approximate surface area is 158 Å². The van der Waals surface area contributed by atoms with Gasteiger partial charge < -0.3 is 19.3 Å². The van der Waals surface area contributed by atoms with Gasteiger partial charge in [-0.1, -0.05) is 24.3 Å². The summed E-state index contributed by atoms with van der Waals surface area (Å²) in [5, 5.41) is 9.14. The molecule has 0 radical (unpaired) electrons. The largest absolute Gasteiger partial charge is 0.477 e. The summed E-state index contributed by atoms with van der Waals surface area (Å²) in [6.45, 7) is 3.43. The molecular formula is C21H21N3O3. The number of anilines is 1. The molecular weight excluding hydrogens is 342 g/mol. The van der Waals surface area contributed by atoms with E-state index in [0.717, 1.165) is 11.3 Å². The molecule has 1 saturated heterocycles. The van der Waals surface area contributed by atoms with E-state index in [9.17, 15) is 4.79 Å². The van der Waals surface area contributed by atoms with Crippen molar-refractivity contribution >= 4 is 11.6 Å². The molecule has 0 aliphatic carbocycles. The van der Waals surface area contributed by atoms with Crippen LogP contribution in [0.2, 0.25) is 0 Å². The summed E-state index contributed by atoms with van der Waals surface area (Å²) in [5.41, 5.74) is 2.63. The number of hydrogen-bond donors (Lipinski definition) is 0. The van der Waals surface area contributed by atoms with Gasteiger partial charge in [0.1, 0.15) is 5.75 Å². The van der Waals surface area contributed by atoms with Crippen molar-refractivity contribution in [2.24, 2.45) is 0 Å². The summed E-state index contributed by atoms with van der Waals surface area (Å²) in [6.07, 6.45) is -0.544. The molecule has 1 fully saturated rings. The average Bonchev–Trinajstić information content (AvgIpc) is 2.74. The third-order valence-corrected chi connectivity index (χ3v) is 4.89. The summed E-state index contributed by atoms with van der Waals surface area (Å²) in [7, 11) is 0. The highest BCUT2D eigenvalue weighted by Crippen LogP contribution is 2.34. The fourth-order valence-corrected chi connectivity index (χ4v) is 3.53. The van der Waals surface area contributed by atoms with Crippen LogP contribution in [0, 0.1) is 11.3 Å². The van der Waals surface area contributed by atoms with Crippen molar-refractivity contribution in [1.82, 2.24) is 4.90 Å². The second-order valence-corrected chi connectivity index (χ2v) is 6.70. The summed E-state index contributed by atoms with van der Waals surface area (Å²) >= 11 is 0. The van der Waals surface area contributed by atoms with Gasteiger partial charge in [0.05, 0.1) is 37.1 Å². The normalized spacial score (nSPS) is 19.0. The highest BCUT2D eigenvalue weighted by Gasteiger charge is 2.34. The fraction of sp³-hybridized carbons (Fsp3) is 0.333. The first-order chi connectivity index (χ1) is 13.2. The maximum Gasteiger partial charge on any atom is 0.265 e. The SMILES string of the molecule is N#Cc1cccc(CN2CC(C(=O)N3CCOCC3)Oc3ccccc32)c1. The maximum absolute atomic E-state index is 12.9. The number of hydrogen-bond acceptors (Lipinski definition) is 5. The van der Waals surface area contributed by atoms with Crippen molar-refractivity contribution in [3.63, 3.8) is 0 Å². The molecule has 6 heteroatoms. The lowest BCUT2D eigenvalue weighted by molar-refractivity contribution is -0.142. The smallest absolute Gasteiger partial charge is 0.265 e. The van der Waals surface area contributed by atoms with Crippen molar-refractivity contribution in [3.8, 4) is 11.8 Å². The van der Waals surface area contributed by atoms with Crippen LogP contribution in [0.1, 0.15) is 11.1 Å². The van der Waals surface area contributed by atoms with Crippen molar-refractivity contribution in [2.45, 2.75) is 12.6 Å². The van der Waals surface area contributed by atoms with Crippen LogP contribution < -0.4 is 9.64 Å². The minimum atomic E-state index is -0.544. The van der Waals surface area contributed by atoms with Gasteiger partial charge in [0.25, 0.3) is 5.91 Å². The molecule has 2 heterocycles. The van der Waals surface area contributed by atoms with Crippen LogP contribution in [0.15, 0.2) is 48.5 Å². The first-order valence-electron chi connectivity index (χ1n) is 9.11. The number of ether oxygens (including phenoxy) is 2. The van der Waals surface area contributed by atoms with Gasteiger partial charge in [-0.05, 0) is 29.8 Å². The molecule has 27 heavy (non-hydrogen) atoms. The number of rotatable bonds is 3. The van der Waals surface area contributed by atoms with E-state index in [1.807, 2.05) is 47.4 Å². The van der Waals surface area contributed by atoms with E-state index in [1.165, 1.54) is 0 Å². The number of amides is 1. The molecule has 4 rings (SSSR count). The van der Waals surface area contributed by atoms with E-state index in [1.54, 1.807) is 6.07 Å². The second-order valence-electron chi connectivity index (χ2n) is 6.70. The monoisotopic (exact) mass is 363 g/mol. The average molecular weight is 363 g/mol. The summed E-state index contributed by atoms with van der Waals surface area (Å²) in [4.78, 5) is 16.9. The molecule has 0 aromatic heterocycles. The highest BCUT2D eigenvalue weighted by molar-refractivity contribution is 5.83. The third kappa shape index (κ3) is 3.74. The summed E-state index contributed by atoms with van der Waals surface area (Å²) < 4.78 is 11.4. The summed E-state index contributed by atoms with van der Waals surface area (Å²) in [5.74, 6) is 0.718. The third-order valence-electron chi connectivity index (χ3n) is 4.89. The lowest BCUT2D eigenvalue weighted by Gasteiger charge is -2.38. The molecule has 2 aromatic rings. The molecule has 2 aliphatic rings. The minimum absolute atomic E-state index is 0.00331. The molecule has 2 aromatic carbocycles. The molecule has 1 amide bonds. The van der Waals surface area contributed by atoms with Crippen LogP contribution in [0.5, 0.6) is 5.75 Å². The zero-order chi connectivity index (χ0) is 18.6. The van der Waals surface area contributed by atoms with E-state index in [0.29, 0.717) is 50.7 Å². The van der Waals surface area contributed by atoms with E-state index in [2.05, 4.69) is 11.0 Å². The van der Waals surface area contributed by atoms with E-state index < -0.39 is 6.10 Å². The summed E-state index contributed by atoms with van der Waals surface area (Å²) in [6, 6.07) is 17.5. The highest BCUT2D eigenvalue weighted by atomic mass is 16.5. The van der Waals surface area contributed by atoms with Crippen molar-refractivity contribution < 1.29 is 14.3 Å². The maximum atomic E-state index is 12.9. The number of nitriles is 1. The second kappa shape index (κ2) is 7.68. The zero-order valence-corrected chi connectivity index (χ0v) is 15.0. The zero-order valence-electron chi connectivity index (χ0n) is 15.0. The predicted molar refractivity (Wildman–Crippen MR) is 100 cm³/mol. The Morgan fingerprint density at radius 3 is 2.78 bits per heavy atom. The van der Waals surface area contributed by atoms with Gasteiger partial charge in [-0.2, -0.15) is 5.26 Å². The molecule has 2 aliphatic heterocycles. The minimum Gasteiger partial charge on any atom is -0.477 e. The first kappa shape index (κ1) is 17.4. The Morgan fingerprint density at radius 2 is 1.96 bits per heavy atom. The number of carbonyl (C=O) groups is 1. The number of morpholine rings is 1. The van der Waals surface area contributed by atoms with Gasteiger partial charge in [0.2, 0.25) is 0 Å². The van der Waals surface area contributed by atoms with Crippen LogP contribution in [0.25, 0.3) is 0 Å². The van der Waals surface area contributed by atoms with E-state index >= 15 is 0 Å². The van der Waals surface area contributed by atoms with Crippen LogP contribution in [-0.4, -0.2) is 49.8 Å². The van der Waals surface area contributed by atoms with Crippen LogP contribution in [0.3, 0.4) is 0 Å². The topological polar surface area (TPSA) is 65.8 Å². The molecule has 1 unspecified atom stereocenters. The predicted octanol–water partition coefficient (Wildman–Crippen LogP) is 2.18. The molecule has 0 spiro atoms. The van der Waals surface area contributed by atoms with E-state index in [4.69, 9.17) is 14.7 Å². The van der Waals surface area contributed by atoms with E-state index in [-0.39, 0.29) is 5.91 Å². The molecule has 138 valence electrons. The van der Waals surface area contributed by atoms with Crippen molar-refractivity contribution in [3.05, 3.63) is 59.7 Å². The lowest BCUT2D eigenvalue weighted by atomic mass is 10.1. The number of nitrogens with zero attached hydrogens (tertiary/aromatic N) is 3. The Bertz CT molecular complexity index is 871. The molecule has 0 saturated carbocycles. The Morgan fingerprint density at radius 1 is 1.15 bits per heavy atom. The van der Waals surface area contributed by atoms with Crippen LogP contribution in [-0.2, 0) is 16.1 Å². The fourth-order valence-electron chi connectivity index (χ4n) is 3.53. The lowest BCUT2D eigenvalue weighted by Crippen LogP contribution is -2.52. The van der Waals surface area contributed by atoms with Crippen LogP contribution in [0.4, 0.5) is 5.69 Å². The Hall–Kier alpha value is -3.04. The number of benzene rings is 2. The van der Waals surface area contributed by atoms with Crippen molar-refractivity contribution in [2.75, 3.05) is 37.7 Å². The molecule has 6 nitrogen and oxygen atoms in total. The first-order valence-corrected chi connectivity index (χ1v) is 9.11. The number of carbonyl (C=O) groups excluding carboxylic acids is 1. The van der Waals surface area contributed by atoms with Gasteiger partial charge in [-0.15, -0.1) is 0 Å². The molecule has 1 atom stereocenters. The van der Waals surface area contributed by atoms with Crippen molar-refractivity contribution in [1.29, 1.82) is 5.26 Å². The molecule has 0 N–H and O–H groups in total. The number of para-hydroxylation sites is 2.